The second-order valence-corrected chi connectivity index (χ2v) is 13.8. The summed E-state index contributed by atoms with van der Waals surface area (Å²) in [6, 6.07) is 7.78. The van der Waals surface area contributed by atoms with Gasteiger partial charge in [-0.3, -0.25) is 19.8 Å². The molecule has 0 aromatic carbocycles. The molecule has 8 heterocycles. The molecule has 52 heavy (non-hydrogen) atoms. The van der Waals surface area contributed by atoms with Crippen LogP contribution in [-0.4, -0.2) is 58.7 Å². The van der Waals surface area contributed by atoms with Gasteiger partial charge < -0.3 is 0 Å². The monoisotopic (exact) mass is 694 g/mol. The number of hydrogen-bond acceptors (Lipinski definition) is 8. The van der Waals surface area contributed by atoms with Gasteiger partial charge in [-0.25, -0.2) is 38.3 Å². The first-order valence-electron chi connectivity index (χ1n) is 17.2. The van der Waals surface area contributed by atoms with Crippen LogP contribution in [0.3, 0.4) is 0 Å². The van der Waals surface area contributed by atoms with E-state index in [1.54, 1.807) is 40.3 Å². The van der Waals surface area contributed by atoms with Crippen LogP contribution in [0.5, 0.6) is 0 Å². The number of pyridine rings is 2. The van der Waals surface area contributed by atoms with Gasteiger partial charge in [0.2, 0.25) is 0 Å². The van der Waals surface area contributed by atoms with E-state index < -0.39 is 0 Å². The summed E-state index contributed by atoms with van der Waals surface area (Å²) in [4.78, 5) is 46.9. The Bertz CT molecular complexity index is 2760. The van der Waals surface area contributed by atoms with E-state index in [0.29, 0.717) is 51.9 Å². The van der Waals surface area contributed by atoms with Crippen molar-refractivity contribution >= 4 is 11.3 Å². The van der Waals surface area contributed by atoms with Crippen molar-refractivity contribution < 1.29 is 0 Å². The van der Waals surface area contributed by atoms with Gasteiger partial charge in [0.15, 0.2) is 22.9 Å². The Morgan fingerprint density at radius 2 is 1.42 bits per heavy atom. The number of nitrogens with one attached hydrogen (secondary N) is 2. The molecule has 0 amide bonds. The normalized spacial score (nSPS) is 12.5. The summed E-state index contributed by atoms with van der Waals surface area (Å²) in [5.41, 5.74) is 9.11. The molecule has 8 aromatic heterocycles. The summed E-state index contributed by atoms with van der Waals surface area (Å²) in [6.45, 7) is 13.7. The SMILES string of the molecule is Cc1ccc(-n2cc(-c3c[nH]n4c(=O)c(C(C)Cc5[nH]n6c(=O)c(C(C)C)c(C)nc6c5-c5cnn(-c6cc(C)ccn6)c5)c(C)nc34)cn2)nc1. The van der Waals surface area contributed by atoms with E-state index in [1.807, 2.05) is 85.1 Å². The molecule has 0 saturated heterocycles. The molecule has 262 valence electrons. The van der Waals surface area contributed by atoms with Crippen LogP contribution in [-0.2, 0) is 6.42 Å². The van der Waals surface area contributed by atoms with Crippen LogP contribution in [0.4, 0.5) is 0 Å². The lowest BCUT2D eigenvalue weighted by Gasteiger charge is -2.14. The van der Waals surface area contributed by atoms with Gasteiger partial charge in [0.05, 0.1) is 18.0 Å². The van der Waals surface area contributed by atoms with Crippen molar-refractivity contribution in [2.75, 3.05) is 0 Å². The Morgan fingerprint density at radius 1 is 0.731 bits per heavy atom. The van der Waals surface area contributed by atoms with Crippen molar-refractivity contribution in [3.05, 3.63) is 128 Å². The Kier molecular flexibility index (Phi) is 7.81. The summed E-state index contributed by atoms with van der Waals surface area (Å²) >= 11 is 0. The van der Waals surface area contributed by atoms with Crippen molar-refractivity contribution in [2.24, 2.45) is 0 Å². The van der Waals surface area contributed by atoms with E-state index >= 15 is 0 Å². The quantitative estimate of drug-likeness (QED) is 0.209. The van der Waals surface area contributed by atoms with Crippen LogP contribution in [0.25, 0.3) is 45.2 Å². The maximum Gasteiger partial charge on any atom is 0.276 e. The molecule has 8 aromatic rings. The summed E-state index contributed by atoms with van der Waals surface area (Å²) < 4.78 is 6.41. The molecule has 14 nitrogen and oxygen atoms in total. The number of rotatable bonds is 8. The van der Waals surface area contributed by atoms with Gasteiger partial charge >= 0.3 is 0 Å². The lowest BCUT2D eigenvalue weighted by molar-refractivity contribution is 0.691. The maximum absolute atomic E-state index is 14.2. The highest BCUT2D eigenvalue weighted by Crippen LogP contribution is 2.33. The Labute approximate surface area is 297 Å². The summed E-state index contributed by atoms with van der Waals surface area (Å²) in [7, 11) is 0. The highest BCUT2D eigenvalue weighted by molar-refractivity contribution is 5.80. The van der Waals surface area contributed by atoms with Crippen LogP contribution in [0.1, 0.15) is 71.9 Å². The van der Waals surface area contributed by atoms with E-state index in [-0.39, 0.29) is 23.0 Å². The first-order valence-corrected chi connectivity index (χ1v) is 17.2. The average Bonchev–Trinajstić information content (AvgIpc) is 3.91. The molecule has 0 aliphatic carbocycles. The van der Waals surface area contributed by atoms with Crippen LogP contribution < -0.4 is 11.1 Å². The molecule has 2 N–H and O–H groups in total. The predicted octanol–water partition coefficient (Wildman–Crippen LogP) is 5.56. The zero-order chi connectivity index (χ0) is 36.4. The Morgan fingerprint density at radius 3 is 2.15 bits per heavy atom. The van der Waals surface area contributed by atoms with Gasteiger partial charge in [-0.15, -0.1) is 0 Å². The van der Waals surface area contributed by atoms with Gasteiger partial charge in [-0.05, 0) is 75.3 Å². The lowest BCUT2D eigenvalue weighted by Crippen LogP contribution is -2.24. The second-order valence-electron chi connectivity index (χ2n) is 13.8. The van der Waals surface area contributed by atoms with E-state index in [9.17, 15) is 9.59 Å². The highest BCUT2D eigenvalue weighted by atomic mass is 16.1. The van der Waals surface area contributed by atoms with Gasteiger partial charge in [0.1, 0.15) is 0 Å². The number of hydrogen-bond donors (Lipinski definition) is 2. The van der Waals surface area contributed by atoms with Crippen molar-refractivity contribution in [2.45, 2.75) is 66.7 Å². The van der Waals surface area contributed by atoms with Crippen molar-refractivity contribution in [3.8, 4) is 33.9 Å². The van der Waals surface area contributed by atoms with E-state index in [2.05, 4.69) is 30.4 Å². The van der Waals surface area contributed by atoms with Crippen molar-refractivity contribution in [1.29, 1.82) is 0 Å². The molecule has 1 unspecified atom stereocenters. The van der Waals surface area contributed by atoms with E-state index in [0.717, 1.165) is 39.1 Å². The molecule has 0 radical (unpaired) electrons. The van der Waals surface area contributed by atoms with Gasteiger partial charge in [0, 0.05) is 75.9 Å². The van der Waals surface area contributed by atoms with Crippen LogP contribution in [0, 0.1) is 27.7 Å². The maximum atomic E-state index is 14.2. The van der Waals surface area contributed by atoms with Gasteiger partial charge in [-0.1, -0.05) is 26.8 Å². The average molecular weight is 695 g/mol. The fraction of sp³-hybridized carbons (Fsp3) is 0.263. The zero-order valence-corrected chi connectivity index (χ0v) is 30.0. The largest absolute Gasteiger partial charge is 0.296 e. The summed E-state index contributed by atoms with van der Waals surface area (Å²) in [5, 5.41) is 15.6. The number of aromatic nitrogens is 12. The first kappa shape index (κ1) is 32.7. The summed E-state index contributed by atoms with van der Waals surface area (Å²) in [5.74, 6) is 1.07. The smallest absolute Gasteiger partial charge is 0.276 e. The molecule has 0 aliphatic rings. The van der Waals surface area contributed by atoms with Crippen LogP contribution >= 0.6 is 0 Å². The van der Waals surface area contributed by atoms with Crippen molar-refractivity contribution in [1.82, 2.24) is 58.7 Å². The molecule has 0 fully saturated rings. The third kappa shape index (κ3) is 5.43. The number of nitrogens with zero attached hydrogens (tertiary/aromatic N) is 10. The van der Waals surface area contributed by atoms with E-state index in [1.165, 1.54) is 9.03 Å². The number of H-pyrrole nitrogens is 2. The van der Waals surface area contributed by atoms with Crippen molar-refractivity contribution in [3.63, 3.8) is 0 Å². The number of aromatic amines is 2. The summed E-state index contributed by atoms with van der Waals surface area (Å²) in [6.07, 6.45) is 13.0. The zero-order valence-electron chi connectivity index (χ0n) is 30.0. The molecule has 0 aliphatic heterocycles. The molecule has 14 heteroatoms. The molecule has 1 atom stereocenters. The molecule has 8 rings (SSSR count). The minimum Gasteiger partial charge on any atom is -0.296 e. The number of fused-ring (bicyclic) bond motifs is 2. The van der Waals surface area contributed by atoms with Crippen LogP contribution in [0.2, 0.25) is 0 Å². The second kappa shape index (κ2) is 12.4. The minimum atomic E-state index is -0.291. The highest BCUT2D eigenvalue weighted by Gasteiger charge is 2.26. The third-order valence-corrected chi connectivity index (χ3v) is 9.58. The molecular weight excluding hydrogens is 656 g/mol. The standard InChI is InChI=1S/C38H38N12O2/c1-20(2)32-24(6)45-36-34(27-16-42-48(19-27)31-12-21(3)10-11-39-31)29(46-50(36)37(32)51)13-23(5)33-25(7)44-35-28(17-43-49(35)38(33)52)26-15-41-47(18-26)30-9-8-22(4)14-40-30/h8-12,14-20,23,43,46H,13H2,1-7H3. The van der Waals surface area contributed by atoms with Crippen LogP contribution in [0.15, 0.2) is 77.2 Å². The molecule has 0 spiro atoms. The molecule has 0 bridgehead atoms. The third-order valence-electron chi connectivity index (χ3n) is 9.58. The topological polar surface area (TPSA) is 162 Å². The molecule has 0 saturated carbocycles. The van der Waals surface area contributed by atoms with Gasteiger partial charge in [0.25, 0.3) is 11.1 Å². The first-order chi connectivity index (χ1) is 25.0. The fourth-order valence-electron chi connectivity index (χ4n) is 7.08. The lowest BCUT2D eigenvalue weighted by atomic mass is 9.93. The Balaban J connectivity index is 1.20. The predicted molar refractivity (Wildman–Crippen MR) is 197 cm³/mol. The fourth-order valence-corrected chi connectivity index (χ4v) is 7.08. The Hall–Kier alpha value is -6.44. The minimum absolute atomic E-state index is 0.0130. The number of aryl methyl sites for hydroxylation is 4. The van der Waals surface area contributed by atoms with Gasteiger partial charge in [-0.2, -0.15) is 10.2 Å². The van der Waals surface area contributed by atoms with E-state index in [4.69, 9.17) is 9.97 Å². The molecular formula is C38H38N12O2.